The fourth-order valence-electron chi connectivity index (χ4n) is 3.98. The maximum Gasteiger partial charge on any atom is 0.122 e. The molecule has 3 aromatic rings. The number of nitrogens with one attached hydrogen (secondary N) is 1. The molecule has 0 spiro atoms. The van der Waals surface area contributed by atoms with Gasteiger partial charge in [-0.05, 0) is 54.8 Å². The lowest BCUT2D eigenvalue weighted by Crippen LogP contribution is -1.99. The predicted octanol–water partition coefficient (Wildman–Crippen LogP) is 8.44. The molecule has 1 N–H and O–H groups in total. The average Bonchev–Trinajstić information content (AvgIpc) is 3.17. The van der Waals surface area contributed by atoms with E-state index in [4.69, 9.17) is 4.74 Å². The summed E-state index contributed by atoms with van der Waals surface area (Å²) in [5, 5.41) is 1.25. The summed E-state index contributed by atoms with van der Waals surface area (Å²) >= 11 is 0. The molecule has 2 nitrogen and oxygen atoms in total. The van der Waals surface area contributed by atoms with Gasteiger partial charge in [-0.2, -0.15) is 0 Å². The Morgan fingerprint density at radius 2 is 1.45 bits per heavy atom. The van der Waals surface area contributed by atoms with Crippen LogP contribution in [0.2, 0.25) is 0 Å². The highest BCUT2D eigenvalue weighted by atomic mass is 16.5. The van der Waals surface area contributed by atoms with Crippen LogP contribution in [0.5, 0.6) is 5.75 Å². The molecule has 29 heavy (non-hydrogen) atoms. The Bertz CT molecular complexity index is 831. The van der Waals surface area contributed by atoms with Crippen molar-refractivity contribution in [1.29, 1.82) is 0 Å². The van der Waals surface area contributed by atoms with E-state index in [1.54, 1.807) is 0 Å². The van der Waals surface area contributed by atoms with Crippen molar-refractivity contribution in [3.8, 4) is 17.0 Å². The molecule has 2 aromatic carbocycles. The quantitative estimate of drug-likeness (QED) is 0.290. The van der Waals surface area contributed by atoms with Crippen LogP contribution in [0.25, 0.3) is 22.2 Å². The van der Waals surface area contributed by atoms with Gasteiger partial charge < -0.3 is 9.72 Å². The van der Waals surface area contributed by atoms with Crippen molar-refractivity contribution in [2.75, 3.05) is 6.61 Å². The number of unbranched alkanes of at least 4 members (excludes halogenated alkanes) is 9. The van der Waals surface area contributed by atoms with Gasteiger partial charge >= 0.3 is 0 Å². The SMILES string of the molecule is CCCCCCCCCCCCOc1ccc(-c2cc3ccccc3[nH]2)cc1C. The molecule has 2 heteroatoms. The molecule has 0 amide bonds. The third kappa shape index (κ3) is 6.66. The maximum atomic E-state index is 6.05. The maximum absolute atomic E-state index is 6.05. The van der Waals surface area contributed by atoms with E-state index in [9.17, 15) is 0 Å². The first-order chi connectivity index (χ1) is 14.3. The van der Waals surface area contributed by atoms with E-state index >= 15 is 0 Å². The Hall–Kier alpha value is -2.22. The molecule has 0 fully saturated rings. The van der Waals surface area contributed by atoms with Gasteiger partial charge in [0.2, 0.25) is 0 Å². The minimum absolute atomic E-state index is 0.822. The van der Waals surface area contributed by atoms with Crippen molar-refractivity contribution in [3.05, 3.63) is 54.1 Å². The monoisotopic (exact) mass is 391 g/mol. The Balaban J connectivity index is 1.36. The van der Waals surface area contributed by atoms with Gasteiger partial charge in [-0.25, -0.2) is 0 Å². The average molecular weight is 392 g/mol. The highest BCUT2D eigenvalue weighted by molar-refractivity contribution is 5.85. The molecule has 1 aromatic heterocycles. The molecule has 0 saturated heterocycles. The topological polar surface area (TPSA) is 25.0 Å². The lowest BCUT2D eigenvalue weighted by Gasteiger charge is -2.10. The van der Waals surface area contributed by atoms with Gasteiger partial charge in [0.1, 0.15) is 5.75 Å². The number of benzene rings is 2. The van der Waals surface area contributed by atoms with Crippen LogP contribution in [-0.4, -0.2) is 11.6 Å². The Morgan fingerprint density at radius 1 is 0.759 bits per heavy atom. The number of aromatic amines is 1. The zero-order valence-electron chi connectivity index (χ0n) is 18.3. The number of rotatable bonds is 13. The zero-order chi connectivity index (χ0) is 20.3. The van der Waals surface area contributed by atoms with Crippen LogP contribution < -0.4 is 4.74 Å². The Kier molecular flexibility index (Phi) is 8.67. The molecule has 156 valence electrons. The third-order valence-electron chi connectivity index (χ3n) is 5.77. The van der Waals surface area contributed by atoms with Crippen molar-refractivity contribution < 1.29 is 4.74 Å². The summed E-state index contributed by atoms with van der Waals surface area (Å²) in [5.41, 5.74) is 4.76. The molecule has 0 bridgehead atoms. The van der Waals surface area contributed by atoms with E-state index in [0.717, 1.165) is 24.5 Å². The predicted molar refractivity (Wildman–Crippen MR) is 126 cm³/mol. The van der Waals surface area contributed by atoms with Gasteiger partial charge in [0, 0.05) is 16.6 Å². The number of H-pyrrole nitrogens is 1. The van der Waals surface area contributed by atoms with Gasteiger partial charge in [0.25, 0.3) is 0 Å². The van der Waals surface area contributed by atoms with E-state index in [0.29, 0.717) is 0 Å². The van der Waals surface area contributed by atoms with Crippen molar-refractivity contribution in [1.82, 2.24) is 4.98 Å². The number of hydrogen-bond acceptors (Lipinski definition) is 1. The first-order valence-electron chi connectivity index (χ1n) is 11.6. The highest BCUT2D eigenvalue weighted by Crippen LogP contribution is 2.28. The minimum Gasteiger partial charge on any atom is -0.493 e. The number of aromatic nitrogens is 1. The smallest absolute Gasteiger partial charge is 0.122 e. The molecule has 0 aliphatic rings. The van der Waals surface area contributed by atoms with Crippen LogP contribution in [0.4, 0.5) is 0 Å². The summed E-state index contributed by atoms with van der Waals surface area (Å²) in [7, 11) is 0. The van der Waals surface area contributed by atoms with Crippen molar-refractivity contribution >= 4 is 10.9 Å². The summed E-state index contributed by atoms with van der Waals surface area (Å²) in [6, 6.07) is 17.1. The van der Waals surface area contributed by atoms with Crippen molar-refractivity contribution in [2.45, 2.75) is 78.1 Å². The molecular weight excluding hydrogens is 354 g/mol. The van der Waals surface area contributed by atoms with Crippen LogP contribution in [0.15, 0.2) is 48.5 Å². The normalized spacial score (nSPS) is 11.2. The molecule has 0 aliphatic carbocycles. The summed E-state index contributed by atoms with van der Waals surface area (Å²) in [4.78, 5) is 3.51. The van der Waals surface area contributed by atoms with E-state index < -0.39 is 0 Å². The van der Waals surface area contributed by atoms with Crippen LogP contribution in [0, 0.1) is 6.92 Å². The van der Waals surface area contributed by atoms with Gasteiger partial charge in [-0.1, -0.05) is 82.9 Å². The molecular formula is C27H37NO. The summed E-state index contributed by atoms with van der Waals surface area (Å²) in [6.45, 7) is 5.24. The number of aryl methyl sites for hydroxylation is 1. The molecule has 3 rings (SSSR count). The second-order valence-electron chi connectivity index (χ2n) is 8.28. The van der Waals surface area contributed by atoms with Crippen LogP contribution in [0.3, 0.4) is 0 Å². The van der Waals surface area contributed by atoms with E-state index in [2.05, 4.69) is 67.4 Å². The number of para-hydroxylation sites is 1. The first kappa shape index (κ1) is 21.5. The lowest BCUT2D eigenvalue weighted by molar-refractivity contribution is 0.302. The van der Waals surface area contributed by atoms with Gasteiger partial charge in [0.15, 0.2) is 0 Å². The molecule has 1 heterocycles. The number of fused-ring (bicyclic) bond motifs is 1. The first-order valence-corrected chi connectivity index (χ1v) is 11.6. The van der Waals surface area contributed by atoms with Crippen LogP contribution in [0.1, 0.15) is 76.7 Å². The van der Waals surface area contributed by atoms with E-state index in [1.807, 2.05) is 0 Å². The second kappa shape index (κ2) is 11.7. The summed E-state index contributed by atoms with van der Waals surface area (Å²) in [5.74, 6) is 1.01. The fraction of sp³-hybridized carbons (Fsp3) is 0.481. The zero-order valence-corrected chi connectivity index (χ0v) is 18.3. The Morgan fingerprint density at radius 3 is 2.14 bits per heavy atom. The number of hydrogen-bond donors (Lipinski definition) is 1. The standard InChI is InChI=1S/C27H37NO/c1-3-4-5-6-7-8-9-10-11-14-19-29-27-18-17-24(20-22(27)2)26-21-23-15-12-13-16-25(23)28-26/h12-13,15-18,20-21,28H,3-11,14,19H2,1-2H3. The van der Waals surface area contributed by atoms with Crippen LogP contribution >= 0.6 is 0 Å². The van der Waals surface area contributed by atoms with Crippen molar-refractivity contribution in [2.24, 2.45) is 0 Å². The van der Waals surface area contributed by atoms with Gasteiger partial charge in [-0.15, -0.1) is 0 Å². The largest absolute Gasteiger partial charge is 0.493 e. The van der Waals surface area contributed by atoms with Crippen LogP contribution in [-0.2, 0) is 0 Å². The second-order valence-corrected chi connectivity index (χ2v) is 8.28. The Labute approximate surface area is 176 Å². The van der Waals surface area contributed by atoms with E-state index in [1.165, 1.54) is 79.8 Å². The molecule has 0 radical (unpaired) electrons. The molecule has 0 atom stereocenters. The fourth-order valence-corrected chi connectivity index (χ4v) is 3.98. The minimum atomic E-state index is 0.822. The van der Waals surface area contributed by atoms with Crippen molar-refractivity contribution in [3.63, 3.8) is 0 Å². The molecule has 0 unspecified atom stereocenters. The third-order valence-corrected chi connectivity index (χ3v) is 5.77. The lowest BCUT2D eigenvalue weighted by atomic mass is 10.1. The molecule has 0 saturated carbocycles. The summed E-state index contributed by atoms with van der Waals surface area (Å²) < 4.78 is 6.05. The van der Waals surface area contributed by atoms with Gasteiger partial charge in [-0.3, -0.25) is 0 Å². The number of ether oxygens (including phenoxy) is 1. The molecule has 0 aliphatic heterocycles. The van der Waals surface area contributed by atoms with E-state index in [-0.39, 0.29) is 0 Å². The highest BCUT2D eigenvalue weighted by Gasteiger charge is 2.06. The van der Waals surface area contributed by atoms with Gasteiger partial charge in [0.05, 0.1) is 6.61 Å². The summed E-state index contributed by atoms with van der Waals surface area (Å²) in [6.07, 6.45) is 13.6.